The van der Waals surface area contributed by atoms with E-state index in [1.165, 1.54) is 0 Å². The van der Waals surface area contributed by atoms with Gasteiger partial charge in [-0.25, -0.2) is 0 Å². The maximum atomic E-state index is 12.5. The lowest BCUT2D eigenvalue weighted by atomic mass is 10.2. The first-order valence-electron chi connectivity index (χ1n) is 9.18. The summed E-state index contributed by atoms with van der Waals surface area (Å²) >= 11 is 0. The van der Waals surface area contributed by atoms with Crippen LogP contribution in [0.2, 0.25) is 0 Å². The molecule has 0 unspecified atom stereocenters. The highest BCUT2D eigenvalue weighted by atomic mass is 16.5. The van der Waals surface area contributed by atoms with Gasteiger partial charge >= 0.3 is 0 Å². The second-order valence-corrected chi connectivity index (χ2v) is 6.18. The van der Waals surface area contributed by atoms with E-state index in [-0.39, 0.29) is 24.7 Å². The van der Waals surface area contributed by atoms with Gasteiger partial charge in [-0.05, 0) is 25.1 Å². The summed E-state index contributed by atoms with van der Waals surface area (Å²) in [6.07, 6.45) is 0.308. The number of nitrogens with one attached hydrogen (secondary N) is 1. The van der Waals surface area contributed by atoms with Crippen LogP contribution in [0.15, 0.2) is 48.5 Å². The largest absolute Gasteiger partial charge is 0.494 e. The molecule has 142 valence electrons. The molecule has 1 aliphatic rings. The van der Waals surface area contributed by atoms with Crippen molar-refractivity contribution < 1.29 is 19.1 Å². The highest BCUT2D eigenvalue weighted by Gasteiger charge is 2.23. The lowest BCUT2D eigenvalue weighted by Gasteiger charge is -2.29. The van der Waals surface area contributed by atoms with Crippen LogP contribution in [0.4, 0.5) is 5.69 Å². The lowest BCUT2D eigenvalue weighted by Crippen LogP contribution is -2.38. The molecule has 1 heterocycles. The Morgan fingerprint density at radius 1 is 1.11 bits per heavy atom. The van der Waals surface area contributed by atoms with Crippen LogP contribution in [0.3, 0.4) is 0 Å². The van der Waals surface area contributed by atoms with Crippen LogP contribution in [0.25, 0.3) is 0 Å². The normalized spacial score (nSPS) is 12.7. The van der Waals surface area contributed by atoms with Gasteiger partial charge in [0.1, 0.15) is 18.1 Å². The zero-order valence-corrected chi connectivity index (χ0v) is 15.4. The molecule has 3 rings (SSSR count). The first-order chi connectivity index (χ1) is 13.2. The molecule has 0 radical (unpaired) electrons. The average molecular weight is 368 g/mol. The molecule has 6 nitrogen and oxygen atoms in total. The quantitative estimate of drug-likeness (QED) is 0.816. The van der Waals surface area contributed by atoms with E-state index in [1.807, 2.05) is 55.5 Å². The highest BCUT2D eigenvalue weighted by Crippen LogP contribution is 2.31. The van der Waals surface area contributed by atoms with E-state index in [4.69, 9.17) is 9.47 Å². The van der Waals surface area contributed by atoms with Crippen LogP contribution < -0.4 is 19.7 Å². The molecule has 1 N–H and O–H groups in total. The zero-order valence-electron chi connectivity index (χ0n) is 15.4. The van der Waals surface area contributed by atoms with Gasteiger partial charge in [-0.1, -0.05) is 30.3 Å². The molecule has 0 fully saturated rings. The van der Waals surface area contributed by atoms with Gasteiger partial charge < -0.3 is 19.7 Å². The Morgan fingerprint density at radius 2 is 1.89 bits per heavy atom. The van der Waals surface area contributed by atoms with Crippen molar-refractivity contribution in [1.29, 1.82) is 0 Å². The smallest absolute Gasteiger partial charge is 0.227 e. The predicted octanol–water partition coefficient (Wildman–Crippen LogP) is 2.91. The predicted molar refractivity (Wildman–Crippen MR) is 103 cm³/mol. The molecule has 6 heteroatoms. The molecule has 0 aliphatic carbocycles. The Labute approximate surface area is 159 Å². The van der Waals surface area contributed by atoms with Crippen molar-refractivity contribution in [2.45, 2.75) is 26.3 Å². The first kappa shape index (κ1) is 18.8. The van der Waals surface area contributed by atoms with Crippen LogP contribution >= 0.6 is 0 Å². The lowest BCUT2D eigenvalue weighted by molar-refractivity contribution is -0.125. The van der Waals surface area contributed by atoms with Gasteiger partial charge in [-0.2, -0.15) is 0 Å². The monoisotopic (exact) mass is 368 g/mol. The Kier molecular flexibility index (Phi) is 6.30. The van der Waals surface area contributed by atoms with Crippen molar-refractivity contribution in [1.82, 2.24) is 5.32 Å². The molecule has 0 bridgehead atoms. The Hall–Kier alpha value is -3.02. The number of amides is 2. The van der Waals surface area contributed by atoms with Crippen molar-refractivity contribution in [3.05, 3.63) is 54.1 Å². The summed E-state index contributed by atoms with van der Waals surface area (Å²) in [7, 11) is 0. The van der Waals surface area contributed by atoms with Crippen LogP contribution in [-0.4, -0.2) is 31.6 Å². The minimum atomic E-state index is -0.156. The molecular weight excluding hydrogens is 344 g/mol. The molecular formula is C21H24N2O4. The van der Waals surface area contributed by atoms with E-state index in [0.717, 1.165) is 17.0 Å². The summed E-state index contributed by atoms with van der Waals surface area (Å²) in [5, 5.41) is 2.86. The molecule has 1 aliphatic heterocycles. The molecule has 0 saturated carbocycles. The zero-order chi connectivity index (χ0) is 19.1. The van der Waals surface area contributed by atoms with Gasteiger partial charge in [0, 0.05) is 24.9 Å². The van der Waals surface area contributed by atoms with Gasteiger partial charge in [0.15, 0.2) is 0 Å². The number of anilines is 1. The van der Waals surface area contributed by atoms with Gasteiger partial charge in [-0.3, -0.25) is 9.59 Å². The van der Waals surface area contributed by atoms with E-state index in [1.54, 1.807) is 4.90 Å². The number of nitrogens with zero attached hydrogens (tertiary/aromatic N) is 1. The van der Waals surface area contributed by atoms with Crippen LogP contribution in [0.5, 0.6) is 11.5 Å². The molecule has 0 saturated heterocycles. The molecule has 2 amide bonds. The van der Waals surface area contributed by atoms with Gasteiger partial charge in [0.25, 0.3) is 0 Å². The van der Waals surface area contributed by atoms with E-state index in [0.29, 0.717) is 32.1 Å². The van der Waals surface area contributed by atoms with Crippen molar-refractivity contribution in [3.63, 3.8) is 0 Å². The second kappa shape index (κ2) is 9.07. The number of hydrogen-bond donors (Lipinski definition) is 1. The second-order valence-electron chi connectivity index (χ2n) is 6.18. The maximum Gasteiger partial charge on any atom is 0.227 e. The third-order valence-corrected chi connectivity index (χ3v) is 4.34. The number of benzene rings is 2. The molecule has 0 aromatic heterocycles. The summed E-state index contributed by atoms with van der Waals surface area (Å²) in [6, 6.07) is 15.1. The Balaban J connectivity index is 1.51. The molecule has 0 spiro atoms. The minimum Gasteiger partial charge on any atom is -0.494 e. The topological polar surface area (TPSA) is 67.9 Å². The van der Waals surface area contributed by atoms with Crippen molar-refractivity contribution in [2.75, 3.05) is 24.7 Å². The molecule has 27 heavy (non-hydrogen) atoms. The summed E-state index contributed by atoms with van der Waals surface area (Å²) in [6.45, 7) is 3.83. The van der Waals surface area contributed by atoms with E-state index >= 15 is 0 Å². The van der Waals surface area contributed by atoms with Crippen molar-refractivity contribution in [3.8, 4) is 11.5 Å². The third kappa shape index (κ3) is 4.78. The van der Waals surface area contributed by atoms with Gasteiger partial charge in [-0.15, -0.1) is 0 Å². The third-order valence-electron chi connectivity index (χ3n) is 4.34. The fourth-order valence-corrected chi connectivity index (χ4v) is 3.01. The van der Waals surface area contributed by atoms with Gasteiger partial charge in [0.2, 0.25) is 11.8 Å². The number of carbonyl (C=O) groups excluding carboxylic acids is 2. The number of para-hydroxylation sites is 3. The highest BCUT2D eigenvalue weighted by molar-refractivity contribution is 5.97. The Morgan fingerprint density at radius 3 is 2.74 bits per heavy atom. The van der Waals surface area contributed by atoms with Crippen LogP contribution in [0.1, 0.15) is 25.3 Å². The van der Waals surface area contributed by atoms with E-state index < -0.39 is 0 Å². The summed E-state index contributed by atoms with van der Waals surface area (Å²) in [5.41, 5.74) is 1.68. The SMILES string of the molecule is CCOc1ccccc1CNC(=O)CCC(=O)N1CCOc2ccccc21. The fourth-order valence-electron chi connectivity index (χ4n) is 3.01. The molecule has 0 atom stereocenters. The summed E-state index contributed by atoms with van der Waals surface area (Å²) in [4.78, 5) is 26.4. The summed E-state index contributed by atoms with van der Waals surface area (Å²) in [5.74, 6) is 1.24. The van der Waals surface area contributed by atoms with Crippen LogP contribution in [0, 0.1) is 0 Å². The fraction of sp³-hybridized carbons (Fsp3) is 0.333. The minimum absolute atomic E-state index is 0.0735. The van der Waals surface area contributed by atoms with Crippen LogP contribution in [-0.2, 0) is 16.1 Å². The Bertz CT molecular complexity index is 806. The number of fused-ring (bicyclic) bond motifs is 1. The first-order valence-corrected chi connectivity index (χ1v) is 9.18. The number of ether oxygens (including phenoxy) is 2. The number of rotatable bonds is 7. The van der Waals surface area contributed by atoms with Crippen molar-refractivity contribution in [2.24, 2.45) is 0 Å². The van der Waals surface area contributed by atoms with E-state index in [2.05, 4.69) is 5.32 Å². The molecule has 2 aromatic rings. The summed E-state index contributed by atoms with van der Waals surface area (Å²) < 4.78 is 11.1. The number of carbonyl (C=O) groups is 2. The van der Waals surface area contributed by atoms with Gasteiger partial charge in [0.05, 0.1) is 18.8 Å². The molecule has 2 aromatic carbocycles. The standard InChI is InChI=1S/C21H24N2O4/c1-2-26-18-9-5-3-7-16(18)15-22-20(24)11-12-21(25)23-13-14-27-19-10-6-4-8-17(19)23/h3-10H,2,11-15H2,1H3,(H,22,24). The van der Waals surface area contributed by atoms with Crippen molar-refractivity contribution >= 4 is 17.5 Å². The average Bonchev–Trinajstić information content (AvgIpc) is 2.71. The van der Waals surface area contributed by atoms with E-state index in [9.17, 15) is 9.59 Å². The number of hydrogen-bond acceptors (Lipinski definition) is 4. The maximum absolute atomic E-state index is 12.5.